The summed E-state index contributed by atoms with van der Waals surface area (Å²) in [5.74, 6) is 0.782. The second kappa shape index (κ2) is 4.07. The highest BCUT2D eigenvalue weighted by molar-refractivity contribution is 6.30. The molecule has 0 spiro atoms. The summed E-state index contributed by atoms with van der Waals surface area (Å²) in [6, 6.07) is 7.38. The van der Waals surface area contributed by atoms with Crippen LogP contribution in [0.4, 0.5) is 0 Å². The first-order chi connectivity index (χ1) is 7.15. The van der Waals surface area contributed by atoms with E-state index >= 15 is 0 Å². The summed E-state index contributed by atoms with van der Waals surface area (Å²) < 4.78 is 5.58. The monoisotopic (exact) mass is 222 g/mol. The average molecular weight is 223 g/mol. The molecule has 0 aliphatic carbocycles. The fourth-order valence-electron chi connectivity index (χ4n) is 1.63. The van der Waals surface area contributed by atoms with Crippen LogP contribution in [0.2, 0.25) is 5.02 Å². The van der Waals surface area contributed by atoms with Crippen LogP contribution in [0.25, 0.3) is 0 Å². The van der Waals surface area contributed by atoms with Crippen molar-refractivity contribution in [2.24, 2.45) is 0 Å². The summed E-state index contributed by atoms with van der Waals surface area (Å²) in [7, 11) is 0. The lowest BCUT2D eigenvalue weighted by Crippen LogP contribution is -2.14. The molecule has 1 unspecified atom stereocenters. The molecule has 15 heavy (non-hydrogen) atoms. The van der Waals surface area contributed by atoms with Gasteiger partial charge in [-0.05, 0) is 24.6 Å². The topological polar surface area (TPSA) is 26.3 Å². The van der Waals surface area contributed by atoms with Crippen LogP contribution in [0.5, 0.6) is 0 Å². The molecule has 1 aromatic carbocycles. The third kappa shape index (κ3) is 2.39. The minimum absolute atomic E-state index is 0.110. The van der Waals surface area contributed by atoms with Gasteiger partial charge in [0.15, 0.2) is 5.78 Å². The number of ketones is 1. The molecular formula is C12H11ClO2. The third-order valence-corrected chi connectivity index (χ3v) is 2.57. The molecule has 1 aliphatic heterocycles. The number of allylic oxidation sites excluding steroid dienone is 2. The van der Waals surface area contributed by atoms with Crippen LogP contribution in [-0.2, 0) is 9.53 Å². The van der Waals surface area contributed by atoms with Crippen molar-refractivity contribution in [3.8, 4) is 0 Å². The van der Waals surface area contributed by atoms with Crippen LogP contribution >= 0.6 is 11.6 Å². The first-order valence-corrected chi connectivity index (χ1v) is 5.16. The first kappa shape index (κ1) is 10.2. The molecule has 0 saturated carbocycles. The van der Waals surface area contributed by atoms with E-state index in [9.17, 15) is 4.79 Å². The molecule has 0 aromatic heterocycles. The molecular weight excluding hydrogens is 212 g/mol. The van der Waals surface area contributed by atoms with Crippen LogP contribution in [0.15, 0.2) is 36.1 Å². The third-order valence-electron chi connectivity index (χ3n) is 2.32. The molecule has 0 saturated heterocycles. The van der Waals surface area contributed by atoms with Gasteiger partial charge in [-0.2, -0.15) is 0 Å². The number of hydrogen-bond acceptors (Lipinski definition) is 2. The van der Waals surface area contributed by atoms with Crippen molar-refractivity contribution in [2.75, 3.05) is 0 Å². The van der Waals surface area contributed by atoms with Gasteiger partial charge in [-0.1, -0.05) is 23.7 Å². The molecule has 1 heterocycles. The van der Waals surface area contributed by atoms with Gasteiger partial charge in [-0.15, -0.1) is 0 Å². The normalized spacial score (nSPS) is 20.8. The number of benzene rings is 1. The summed E-state index contributed by atoms with van der Waals surface area (Å²) in [5.41, 5.74) is 0.986. The molecule has 1 atom stereocenters. The van der Waals surface area contributed by atoms with Crippen molar-refractivity contribution in [3.63, 3.8) is 0 Å². The van der Waals surface area contributed by atoms with E-state index in [1.807, 2.05) is 12.1 Å². The number of rotatable bonds is 1. The van der Waals surface area contributed by atoms with Gasteiger partial charge in [-0.3, -0.25) is 4.79 Å². The summed E-state index contributed by atoms with van der Waals surface area (Å²) in [6.45, 7) is 1.79. The Morgan fingerprint density at radius 2 is 2.00 bits per heavy atom. The largest absolute Gasteiger partial charge is 0.490 e. The van der Waals surface area contributed by atoms with E-state index < -0.39 is 0 Å². The van der Waals surface area contributed by atoms with Gasteiger partial charge in [0.1, 0.15) is 6.10 Å². The number of halogens is 1. The minimum Gasteiger partial charge on any atom is -0.490 e. The highest BCUT2D eigenvalue weighted by Crippen LogP contribution is 2.28. The summed E-state index contributed by atoms with van der Waals surface area (Å²) in [6.07, 6.45) is 1.77. The Labute approximate surface area is 93.5 Å². The van der Waals surface area contributed by atoms with E-state index in [1.165, 1.54) is 6.08 Å². The van der Waals surface area contributed by atoms with Crippen LogP contribution in [0.1, 0.15) is 25.0 Å². The highest BCUT2D eigenvalue weighted by Gasteiger charge is 2.21. The smallest absolute Gasteiger partial charge is 0.163 e. The van der Waals surface area contributed by atoms with Crippen molar-refractivity contribution >= 4 is 17.4 Å². The van der Waals surface area contributed by atoms with Gasteiger partial charge in [0.05, 0.1) is 12.2 Å². The molecule has 0 fully saturated rings. The first-order valence-electron chi connectivity index (χ1n) is 4.78. The lowest BCUT2D eigenvalue weighted by molar-refractivity contribution is -0.118. The van der Waals surface area contributed by atoms with Gasteiger partial charge in [-0.25, -0.2) is 0 Å². The number of carbonyl (C=O) groups is 1. The van der Waals surface area contributed by atoms with Gasteiger partial charge in [0.2, 0.25) is 0 Å². The second-order valence-electron chi connectivity index (χ2n) is 3.58. The van der Waals surface area contributed by atoms with Crippen molar-refractivity contribution in [3.05, 3.63) is 46.7 Å². The standard InChI is InChI=1S/C12H11ClO2/c1-8-6-11(14)7-12(15-8)9-2-4-10(13)5-3-9/h2-6,12H,7H2,1H3. The Kier molecular flexibility index (Phi) is 2.78. The zero-order chi connectivity index (χ0) is 10.8. The Morgan fingerprint density at radius 1 is 1.33 bits per heavy atom. The molecule has 0 radical (unpaired) electrons. The van der Waals surface area contributed by atoms with Crippen LogP contribution in [0.3, 0.4) is 0 Å². The van der Waals surface area contributed by atoms with E-state index in [0.29, 0.717) is 17.2 Å². The lowest BCUT2D eigenvalue weighted by atomic mass is 10.0. The molecule has 78 valence electrons. The van der Waals surface area contributed by atoms with Gasteiger partial charge < -0.3 is 4.74 Å². The van der Waals surface area contributed by atoms with Gasteiger partial charge in [0, 0.05) is 11.1 Å². The Morgan fingerprint density at radius 3 is 2.60 bits per heavy atom. The second-order valence-corrected chi connectivity index (χ2v) is 4.02. The molecule has 0 bridgehead atoms. The maximum atomic E-state index is 11.3. The van der Waals surface area contributed by atoms with E-state index in [4.69, 9.17) is 16.3 Å². The van der Waals surface area contributed by atoms with E-state index in [1.54, 1.807) is 19.1 Å². The van der Waals surface area contributed by atoms with Crippen LogP contribution in [-0.4, -0.2) is 5.78 Å². The fourth-order valence-corrected chi connectivity index (χ4v) is 1.76. The quantitative estimate of drug-likeness (QED) is 0.729. The minimum atomic E-state index is -0.167. The van der Waals surface area contributed by atoms with Crippen LogP contribution < -0.4 is 0 Å². The molecule has 2 nitrogen and oxygen atoms in total. The predicted octanol–water partition coefficient (Wildman–Crippen LogP) is 3.27. The summed E-state index contributed by atoms with van der Waals surface area (Å²) in [5, 5.41) is 0.688. The Bertz CT molecular complexity index is 406. The maximum Gasteiger partial charge on any atom is 0.163 e. The molecule has 0 amide bonds. The van der Waals surface area contributed by atoms with Crippen molar-refractivity contribution in [1.82, 2.24) is 0 Å². The zero-order valence-corrected chi connectivity index (χ0v) is 9.12. The molecule has 0 N–H and O–H groups in total. The average Bonchev–Trinajstić information content (AvgIpc) is 2.17. The maximum absolute atomic E-state index is 11.3. The highest BCUT2D eigenvalue weighted by atomic mass is 35.5. The fraction of sp³-hybridized carbons (Fsp3) is 0.250. The lowest BCUT2D eigenvalue weighted by Gasteiger charge is -2.22. The van der Waals surface area contributed by atoms with E-state index in [-0.39, 0.29) is 11.9 Å². The summed E-state index contributed by atoms with van der Waals surface area (Å²) >= 11 is 5.79. The molecule has 3 heteroatoms. The summed E-state index contributed by atoms with van der Waals surface area (Å²) in [4.78, 5) is 11.3. The SMILES string of the molecule is CC1=CC(=O)CC(c2ccc(Cl)cc2)O1. The van der Waals surface area contributed by atoms with Crippen molar-refractivity contribution < 1.29 is 9.53 Å². The van der Waals surface area contributed by atoms with Crippen molar-refractivity contribution in [2.45, 2.75) is 19.4 Å². The van der Waals surface area contributed by atoms with Crippen molar-refractivity contribution in [1.29, 1.82) is 0 Å². The number of hydrogen-bond donors (Lipinski definition) is 0. The van der Waals surface area contributed by atoms with E-state index in [2.05, 4.69) is 0 Å². The predicted molar refractivity (Wildman–Crippen MR) is 58.7 cm³/mol. The number of carbonyl (C=O) groups excluding carboxylic acids is 1. The van der Waals surface area contributed by atoms with Gasteiger partial charge in [0.25, 0.3) is 0 Å². The van der Waals surface area contributed by atoms with E-state index in [0.717, 1.165) is 5.56 Å². The Balaban J connectivity index is 2.22. The molecule has 2 rings (SSSR count). The van der Waals surface area contributed by atoms with Crippen LogP contribution in [0, 0.1) is 0 Å². The Hall–Kier alpha value is -1.28. The molecule has 1 aromatic rings. The molecule has 1 aliphatic rings. The zero-order valence-electron chi connectivity index (χ0n) is 8.37. The van der Waals surface area contributed by atoms with Gasteiger partial charge >= 0.3 is 0 Å². The number of ether oxygens (including phenoxy) is 1.